The molecule has 0 amide bonds. The van der Waals surface area contributed by atoms with Crippen LogP contribution < -0.4 is 16.0 Å². The summed E-state index contributed by atoms with van der Waals surface area (Å²) in [4.78, 5) is 19.0. The maximum atomic E-state index is 5.85. The van der Waals surface area contributed by atoms with Gasteiger partial charge < -0.3 is 20.5 Å². The third kappa shape index (κ3) is 3.58. The average Bonchev–Trinajstić information content (AvgIpc) is 3.32. The van der Waals surface area contributed by atoms with Gasteiger partial charge in [-0.1, -0.05) is 23.4 Å². The molecule has 1 atom stereocenters. The van der Waals surface area contributed by atoms with Crippen LogP contribution in [0.25, 0.3) is 11.6 Å². The molecule has 1 aliphatic rings. The topological polar surface area (TPSA) is 119 Å². The van der Waals surface area contributed by atoms with E-state index in [1.54, 1.807) is 0 Å². The van der Waals surface area contributed by atoms with E-state index in [9.17, 15) is 0 Å². The van der Waals surface area contributed by atoms with Gasteiger partial charge in [-0.25, -0.2) is 0 Å². The van der Waals surface area contributed by atoms with Crippen LogP contribution in [0.2, 0.25) is 0 Å². The van der Waals surface area contributed by atoms with Gasteiger partial charge in [0.15, 0.2) is 0 Å². The number of hydrogen-bond acceptors (Lipinski definition) is 9. The summed E-state index contributed by atoms with van der Waals surface area (Å²) in [6.45, 7) is 0.951. The largest absolute Gasteiger partial charge is 0.368 e. The molecular weight excluding hydrogens is 356 g/mol. The van der Waals surface area contributed by atoms with E-state index in [0.29, 0.717) is 23.5 Å². The number of halogens is 1. The first kappa shape index (κ1) is 18.0. The molecule has 0 unspecified atom stereocenters. The molecule has 3 heterocycles. The predicted molar refractivity (Wildman–Crippen MR) is 99.3 cm³/mol. The number of benzene rings is 1. The molecule has 1 aromatic carbocycles. The summed E-state index contributed by atoms with van der Waals surface area (Å²) in [6, 6.07) is 9.83. The summed E-state index contributed by atoms with van der Waals surface area (Å²) in [5.74, 6) is 1.66. The van der Waals surface area contributed by atoms with Crippen LogP contribution >= 0.6 is 12.4 Å². The van der Waals surface area contributed by atoms with Gasteiger partial charge in [-0.05, 0) is 31.5 Å². The SMILES string of the molecule is CN(c1ccccc1)c1nc(N)nc(-c2noc([C@@H]3CCCN3)n2)n1.Cl. The monoisotopic (exact) mass is 374 g/mol. The molecule has 26 heavy (non-hydrogen) atoms. The molecule has 1 saturated heterocycles. The Hall–Kier alpha value is -2.78. The molecule has 3 aromatic rings. The first-order chi connectivity index (χ1) is 12.2. The van der Waals surface area contributed by atoms with Gasteiger partial charge in [-0.2, -0.15) is 19.9 Å². The van der Waals surface area contributed by atoms with Crippen molar-refractivity contribution in [2.45, 2.75) is 18.9 Å². The maximum absolute atomic E-state index is 5.85. The Balaban J connectivity index is 0.00000196. The predicted octanol–water partition coefficient (Wildman–Crippen LogP) is 2.12. The van der Waals surface area contributed by atoms with Gasteiger partial charge in [0, 0.05) is 12.7 Å². The third-order valence-electron chi connectivity index (χ3n) is 4.08. The fraction of sp³-hybridized carbons (Fsp3) is 0.312. The summed E-state index contributed by atoms with van der Waals surface area (Å²) < 4.78 is 5.35. The molecule has 136 valence electrons. The third-order valence-corrected chi connectivity index (χ3v) is 4.08. The van der Waals surface area contributed by atoms with E-state index in [1.807, 2.05) is 42.3 Å². The number of rotatable bonds is 4. The van der Waals surface area contributed by atoms with Crippen molar-refractivity contribution in [2.24, 2.45) is 0 Å². The van der Waals surface area contributed by atoms with Crippen LogP contribution in [0.5, 0.6) is 0 Å². The zero-order chi connectivity index (χ0) is 17.2. The highest BCUT2D eigenvalue weighted by atomic mass is 35.5. The van der Waals surface area contributed by atoms with Crippen molar-refractivity contribution < 1.29 is 4.52 Å². The molecule has 1 aliphatic heterocycles. The van der Waals surface area contributed by atoms with Crippen molar-refractivity contribution in [3.05, 3.63) is 36.2 Å². The quantitative estimate of drug-likeness (QED) is 0.707. The number of aromatic nitrogens is 5. The van der Waals surface area contributed by atoms with Gasteiger partial charge >= 0.3 is 0 Å². The van der Waals surface area contributed by atoms with Crippen molar-refractivity contribution >= 4 is 30.0 Å². The minimum Gasteiger partial charge on any atom is -0.368 e. The van der Waals surface area contributed by atoms with Crippen LogP contribution in [-0.4, -0.2) is 38.7 Å². The molecule has 0 bridgehead atoms. The molecule has 9 nitrogen and oxygen atoms in total. The van der Waals surface area contributed by atoms with Crippen molar-refractivity contribution in [3.8, 4) is 11.6 Å². The Labute approximate surface area is 156 Å². The second-order valence-electron chi connectivity index (χ2n) is 5.82. The average molecular weight is 375 g/mol. The first-order valence-electron chi connectivity index (χ1n) is 8.08. The Bertz CT molecular complexity index is 866. The molecule has 0 radical (unpaired) electrons. The van der Waals surface area contributed by atoms with Crippen molar-refractivity contribution in [1.29, 1.82) is 0 Å². The Morgan fingerprint density at radius 2 is 1.92 bits per heavy atom. The van der Waals surface area contributed by atoms with Crippen molar-refractivity contribution in [2.75, 3.05) is 24.2 Å². The minimum atomic E-state index is 0. The van der Waals surface area contributed by atoms with E-state index in [2.05, 4.69) is 30.4 Å². The normalized spacial score (nSPS) is 16.3. The zero-order valence-corrected chi connectivity index (χ0v) is 15.0. The number of hydrogen-bond donors (Lipinski definition) is 2. The van der Waals surface area contributed by atoms with E-state index in [4.69, 9.17) is 10.3 Å². The van der Waals surface area contributed by atoms with Crippen LogP contribution in [0.15, 0.2) is 34.9 Å². The summed E-state index contributed by atoms with van der Waals surface area (Å²) in [7, 11) is 1.86. The number of nitrogens with zero attached hydrogens (tertiary/aromatic N) is 6. The Morgan fingerprint density at radius 1 is 1.12 bits per heavy atom. The van der Waals surface area contributed by atoms with Crippen LogP contribution in [-0.2, 0) is 0 Å². The molecule has 0 saturated carbocycles. The van der Waals surface area contributed by atoms with Gasteiger partial charge in [0.25, 0.3) is 0 Å². The molecule has 1 fully saturated rings. The van der Waals surface area contributed by atoms with E-state index >= 15 is 0 Å². The minimum absolute atomic E-state index is 0. The number of nitrogen functional groups attached to an aromatic ring is 1. The highest BCUT2D eigenvalue weighted by Crippen LogP contribution is 2.25. The lowest BCUT2D eigenvalue weighted by atomic mass is 10.2. The fourth-order valence-corrected chi connectivity index (χ4v) is 2.76. The molecule has 0 spiro atoms. The molecule has 3 N–H and O–H groups in total. The highest BCUT2D eigenvalue weighted by molar-refractivity contribution is 5.85. The second-order valence-corrected chi connectivity index (χ2v) is 5.82. The number of para-hydroxylation sites is 1. The number of anilines is 3. The highest BCUT2D eigenvalue weighted by Gasteiger charge is 2.24. The Morgan fingerprint density at radius 3 is 2.65 bits per heavy atom. The van der Waals surface area contributed by atoms with Crippen LogP contribution in [0.3, 0.4) is 0 Å². The lowest BCUT2D eigenvalue weighted by Gasteiger charge is -2.17. The molecule has 4 rings (SSSR count). The fourth-order valence-electron chi connectivity index (χ4n) is 2.76. The van der Waals surface area contributed by atoms with Crippen LogP contribution in [0, 0.1) is 0 Å². The Kier molecular flexibility index (Phi) is 5.29. The second kappa shape index (κ2) is 7.63. The van der Waals surface area contributed by atoms with E-state index < -0.39 is 0 Å². The maximum Gasteiger partial charge on any atom is 0.244 e. The van der Waals surface area contributed by atoms with E-state index in [-0.39, 0.29) is 24.4 Å². The molecule has 10 heteroatoms. The molecular formula is C16H19ClN8O. The molecule has 0 aliphatic carbocycles. The number of nitrogens with two attached hydrogens (primary N) is 1. The summed E-state index contributed by atoms with van der Waals surface area (Å²) in [6.07, 6.45) is 2.07. The van der Waals surface area contributed by atoms with Gasteiger partial charge in [0.2, 0.25) is 29.4 Å². The lowest BCUT2D eigenvalue weighted by Crippen LogP contribution is -2.15. The first-order valence-corrected chi connectivity index (χ1v) is 8.08. The molecule has 2 aromatic heterocycles. The summed E-state index contributed by atoms with van der Waals surface area (Å²) >= 11 is 0. The summed E-state index contributed by atoms with van der Waals surface area (Å²) in [5.41, 5.74) is 6.79. The lowest BCUT2D eigenvalue weighted by molar-refractivity contribution is 0.344. The van der Waals surface area contributed by atoms with Crippen molar-refractivity contribution in [1.82, 2.24) is 30.4 Å². The smallest absolute Gasteiger partial charge is 0.244 e. The summed E-state index contributed by atoms with van der Waals surface area (Å²) in [5, 5.41) is 7.31. The van der Waals surface area contributed by atoms with E-state index in [1.165, 1.54) is 0 Å². The van der Waals surface area contributed by atoms with Gasteiger partial charge in [-0.3, -0.25) is 0 Å². The van der Waals surface area contributed by atoms with Gasteiger partial charge in [0.1, 0.15) is 0 Å². The van der Waals surface area contributed by atoms with E-state index in [0.717, 1.165) is 25.1 Å². The standard InChI is InChI=1S/C16H18N8O.ClH/c1-24(10-6-3-2-4-7-10)16-21-12(20-15(17)22-16)13-19-14(25-23-13)11-8-5-9-18-11;/h2-4,6-7,11,18H,5,8-9H2,1H3,(H2,17,20,21,22);1H/t11-;/m0./s1. The van der Waals surface area contributed by atoms with Crippen LogP contribution in [0.4, 0.5) is 17.6 Å². The van der Waals surface area contributed by atoms with Crippen molar-refractivity contribution in [3.63, 3.8) is 0 Å². The van der Waals surface area contributed by atoms with Gasteiger partial charge in [-0.15, -0.1) is 12.4 Å². The number of nitrogens with one attached hydrogen (secondary N) is 1. The zero-order valence-electron chi connectivity index (χ0n) is 14.2. The van der Waals surface area contributed by atoms with Gasteiger partial charge in [0.05, 0.1) is 6.04 Å². The van der Waals surface area contributed by atoms with Crippen LogP contribution in [0.1, 0.15) is 24.8 Å².